The Morgan fingerprint density at radius 2 is 1.89 bits per heavy atom. The number of hydrogen-bond donors (Lipinski definition) is 4. The summed E-state index contributed by atoms with van der Waals surface area (Å²) in [7, 11) is 1.44. The predicted molar refractivity (Wildman–Crippen MR) is 127 cm³/mol. The van der Waals surface area contributed by atoms with Crippen molar-refractivity contribution in [2.24, 2.45) is 0 Å². The van der Waals surface area contributed by atoms with Gasteiger partial charge in [0.2, 0.25) is 0 Å². The maximum absolute atomic E-state index is 12.1. The molecule has 0 saturated carbocycles. The topological polar surface area (TPSA) is 147 Å². The summed E-state index contributed by atoms with van der Waals surface area (Å²) < 4.78 is 7.25. The number of hydrogen-bond acceptors (Lipinski definition) is 9. The molecule has 1 fully saturated rings. The van der Waals surface area contributed by atoms with E-state index in [1.165, 1.54) is 17.9 Å². The largest absolute Gasteiger partial charge is 0.387 e. The molecule has 5 rings (SSSR count). The zero-order valence-electron chi connectivity index (χ0n) is 19.2. The lowest BCUT2D eigenvalue weighted by Gasteiger charge is -2.17. The zero-order chi connectivity index (χ0) is 24.5. The molecule has 3 unspecified atom stereocenters. The Morgan fingerprint density at radius 3 is 2.60 bits per heavy atom. The average molecular weight is 476 g/mol. The summed E-state index contributed by atoms with van der Waals surface area (Å²) in [5.41, 5.74) is 3.45. The van der Waals surface area contributed by atoms with Crippen LogP contribution in [0, 0.1) is 6.92 Å². The number of carbonyl (C=O) groups excluding carboxylic acids is 1. The first kappa shape index (κ1) is 22.8. The van der Waals surface area contributed by atoms with Gasteiger partial charge in [0.05, 0.1) is 6.33 Å². The molecule has 4 aromatic rings. The van der Waals surface area contributed by atoms with E-state index in [2.05, 4.69) is 25.6 Å². The van der Waals surface area contributed by atoms with Crippen LogP contribution in [-0.2, 0) is 16.1 Å². The second-order valence-electron chi connectivity index (χ2n) is 8.29. The molecule has 0 aliphatic carbocycles. The number of pyridine rings is 1. The van der Waals surface area contributed by atoms with E-state index in [0.717, 1.165) is 11.3 Å². The molecule has 4 heterocycles. The molecule has 4 atom stereocenters. The standard InChI is InChI=1S/C24H25N7O4/c1-13-8-9-15(11-26-13)20-29-21(27-10-14-6-4-3-5-7-14)16-22(30-20)31(12-28-16)24-18(33)17(32)19(35-24)23(34)25-2/h3-9,11-12,17-19,24,32-33H,10H2,1-2H3,(H,25,34)(H,27,29,30)/t17?,18?,19-,24?/m1/s1. The van der Waals surface area contributed by atoms with Crippen LogP contribution in [0.4, 0.5) is 5.82 Å². The Kier molecular flexibility index (Phi) is 6.12. The van der Waals surface area contributed by atoms with Gasteiger partial charge >= 0.3 is 0 Å². The van der Waals surface area contributed by atoms with Gasteiger partial charge in [-0.1, -0.05) is 30.3 Å². The van der Waals surface area contributed by atoms with Crippen LogP contribution < -0.4 is 10.6 Å². The monoisotopic (exact) mass is 475 g/mol. The molecule has 1 amide bonds. The first-order chi connectivity index (χ1) is 17.0. The summed E-state index contributed by atoms with van der Waals surface area (Å²) in [6, 6.07) is 13.6. The number of aliphatic hydroxyl groups is 2. The molecule has 0 radical (unpaired) electrons. The van der Waals surface area contributed by atoms with Crippen molar-refractivity contribution < 1.29 is 19.7 Å². The summed E-state index contributed by atoms with van der Waals surface area (Å²) >= 11 is 0. The fourth-order valence-corrected chi connectivity index (χ4v) is 3.99. The van der Waals surface area contributed by atoms with Crippen LogP contribution in [0.3, 0.4) is 0 Å². The van der Waals surface area contributed by atoms with E-state index in [1.54, 1.807) is 6.20 Å². The average Bonchev–Trinajstić information content (AvgIpc) is 3.44. The number of imidazole rings is 1. The minimum absolute atomic E-state index is 0.375. The summed E-state index contributed by atoms with van der Waals surface area (Å²) in [5, 5.41) is 26.8. The van der Waals surface area contributed by atoms with Gasteiger partial charge in [-0.15, -0.1) is 0 Å². The molecular formula is C24H25N7O4. The highest BCUT2D eigenvalue weighted by Gasteiger charge is 2.47. The molecule has 4 N–H and O–H groups in total. The number of rotatable bonds is 6. The highest BCUT2D eigenvalue weighted by molar-refractivity contribution is 5.85. The van der Waals surface area contributed by atoms with E-state index < -0.39 is 30.4 Å². The number of likely N-dealkylation sites (N-methyl/N-ethyl adjacent to an activating group) is 1. The number of nitrogens with one attached hydrogen (secondary N) is 2. The lowest BCUT2D eigenvalue weighted by atomic mass is 10.1. The van der Waals surface area contributed by atoms with Gasteiger partial charge in [-0.25, -0.2) is 15.0 Å². The van der Waals surface area contributed by atoms with Crippen LogP contribution in [0.15, 0.2) is 55.0 Å². The van der Waals surface area contributed by atoms with Crippen LogP contribution >= 0.6 is 0 Å². The first-order valence-electron chi connectivity index (χ1n) is 11.1. The molecule has 0 bridgehead atoms. The minimum atomic E-state index is -1.41. The number of ether oxygens (including phenoxy) is 1. The predicted octanol–water partition coefficient (Wildman–Crippen LogP) is 1.17. The Hall–Kier alpha value is -3.93. The molecule has 1 saturated heterocycles. The van der Waals surface area contributed by atoms with Crippen molar-refractivity contribution in [3.8, 4) is 11.4 Å². The van der Waals surface area contributed by atoms with Crippen LogP contribution in [0.2, 0.25) is 0 Å². The molecule has 35 heavy (non-hydrogen) atoms. The van der Waals surface area contributed by atoms with Gasteiger partial charge in [0.15, 0.2) is 35.1 Å². The SMILES string of the molecule is CNC(=O)[C@@H]1OC(n2cnc3c(NCc4ccccc4)nc(-c4ccc(C)nc4)nc32)C(O)C1O. The second-order valence-corrected chi connectivity index (χ2v) is 8.29. The van der Waals surface area contributed by atoms with Crippen LogP contribution in [-0.4, -0.2) is 66.0 Å². The van der Waals surface area contributed by atoms with Gasteiger partial charge in [0, 0.05) is 31.0 Å². The van der Waals surface area contributed by atoms with E-state index >= 15 is 0 Å². The van der Waals surface area contributed by atoms with Crippen molar-refractivity contribution in [1.29, 1.82) is 0 Å². The summed E-state index contributed by atoms with van der Waals surface area (Å²) in [4.78, 5) is 30.3. The van der Waals surface area contributed by atoms with Crippen molar-refractivity contribution in [1.82, 2.24) is 29.8 Å². The Labute approximate surface area is 200 Å². The first-order valence-corrected chi connectivity index (χ1v) is 11.1. The lowest BCUT2D eigenvalue weighted by Crippen LogP contribution is -2.41. The molecule has 11 nitrogen and oxygen atoms in total. The summed E-state index contributed by atoms with van der Waals surface area (Å²) in [6.07, 6.45) is -1.93. The molecule has 11 heteroatoms. The number of aliphatic hydroxyl groups excluding tert-OH is 2. The molecule has 3 aromatic heterocycles. The van der Waals surface area contributed by atoms with Gasteiger partial charge in [0.25, 0.3) is 5.91 Å². The van der Waals surface area contributed by atoms with Crippen LogP contribution in [0.1, 0.15) is 17.5 Å². The number of carbonyl (C=O) groups is 1. The lowest BCUT2D eigenvalue weighted by molar-refractivity contribution is -0.137. The number of fused-ring (bicyclic) bond motifs is 1. The van der Waals surface area contributed by atoms with Gasteiger partial charge < -0.3 is 25.6 Å². The number of aryl methyl sites for hydroxylation is 1. The maximum Gasteiger partial charge on any atom is 0.251 e. The molecule has 1 aliphatic rings. The Morgan fingerprint density at radius 1 is 1.09 bits per heavy atom. The molecule has 0 spiro atoms. The highest BCUT2D eigenvalue weighted by atomic mass is 16.6. The number of anilines is 1. The third kappa shape index (κ3) is 4.32. The quantitative estimate of drug-likeness (QED) is 0.323. The smallest absolute Gasteiger partial charge is 0.251 e. The van der Waals surface area contributed by atoms with Gasteiger partial charge in [0.1, 0.15) is 12.2 Å². The fourth-order valence-electron chi connectivity index (χ4n) is 3.99. The molecular weight excluding hydrogens is 450 g/mol. The fraction of sp³-hybridized carbons (Fsp3) is 0.292. The molecule has 1 aliphatic heterocycles. The third-order valence-corrected chi connectivity index (χ3v) is 5.91. The highest BCUT2D eigenvalue weighted by Crippen LogP contribution is 2.33. The van der Waals surface area contributed by atoms with Crippen molar-refractivity contribution >= 4 is 22.9 Å². The van der Waals surface area contributed by atoms with Gasteiger partial charge in [-0.05, 0) is 24.6 Å². The van der Waals surface area contributed by atoms with Crippen molar-refractivity contribution in [2.75, 3.05) is 12.4 Å². The molecule has 180 valence electrons. The van der Waals surface area contributed by atoms with Crippen LogP contribution in [0.25, 0.3) is 22.6 Å². The van der Waals surface area contributed by atoms with Crippen LogP contribution in [0.5, 0.6) is 0 Å². The summed E-state index contributed by atoms with van der Waals surface area (Å²) in [6.45, 7) is 2.40. The maximum atomic E-state index is 12.1. The van der Waals surface area contributed by atoms with E-state index in [4.69, 9.17) is 9.72 Å². The summed E-state index contributed by atoms with van der Waals surface area (Å²) in [5.74, 6) is 0.358. The third-order valence-electron chi connectivity index (χ3n) is 5.91. The van der Waals surface area contributed by atoms with E-state index in [9.17, 15) is 15.0 Å². The second kappa shape index (κ2) is 9.37. The molecule has 1 aromatic carbocycles. The Balaban J connectivity index is 1.58. The van der Waals surface area contributed by atoms with Crippen molar-refractivity contribution in [2.45, 2.75) is 38.0 Å². The minimum Gasteiger partial charge on any atom is -0.387 e. The van der Waals surface area contributed by atoms with Gasteiger partial charge in [-0.2, -0.15) is 0 Å². The van der Waals surface area contributed by atoms with Gasteiger partial charge in [-0.3, -0.25) is 14.3 Å². The van der Waals surface area contributed by atoms with E-state index in [1.807, 2.05) is 49.4 Å². The van der Waals surface area contributed by atoms with Crippen molar-refractivity contribution in [3.05, 3.63) is 66.2 Å². The van der Waals surface area contributed by atoms with Crippen molar-refractivity contribution in [3.63, 3.8) is 0 Å². The van der Waals surface area contributed by atoms with E-state index in [-0.39, 0.29) is 0 Å². The number of nitrogens with zero attached hydrogens (tertiary/aromatic N) is 5. The Bertz CT molecular complexity index is 1340. The normalized spacial score (nSPS) is 21.8. The number of amides is 1. The zero-order valence-corrected chi connectivity index (χ0v) is 19.2. The number of aromatic nitrogens is 5. The number of benzene rings is 1. The van der Waals surface area contributed by atoms with E-state index in [0.29, 0.717) is 34.9 Å².